The van der Waals surface area contributed by atoms with Crippen LogP contribution in [0.25, 0.3) is 0 Å². The number of aliphatic hydroxyl groups excluding tert-OH is 2. The van der Waals surface area contributed by atoms with Gasteiger partial charge in [0, 0.05) is 19.1 Å². The number of benzene rings is 2. The summed E-state index contributed by atoms with van der Waals surface area (Å²) in [6.45, 7) is 0.363. The minimum absolute atomic E-state index is 0.182. The van der Waals surface area contributed by atoms with Crippen LogP contribution in [0.15, 0.2) is 60.7 Å². The first-order chi connectivity index (χ1) is 10.3. The van der Waals surface area contributed by atoms with Crippen molar-refractivity contribution in [1.29, 1.82) is 0 Å². The Hall–Kier alpha value is -1.64. The van der Waals surface area contributed by atoms with Gasteiger partial charge in [0.1, 0.15) is 0 Å². The van der Waals surface area contributed by atoms with Crippen LogP contribution in [0.2, 0.25) is 0 Å². The van der Waals surface area contributed by atoms with Crippen molar-refractivity contribution in [3.8, 4) is 0 Å². The first-order valence-electron chi connectivity index (χ1n) is 7.66. The van der Waals surface area contributed by atoms with E-state index in [1.165, 1.54) is 11.1 Å². The molecule has 2 heteroatoms. The van der Waals surface area contributed by atoms with E-state index in [1.54, 1.807) is 0 Å². The summed E-state index contributed by atoms with van der Waals surface area (Å²) in [5.74, 6) is 0.654. The van der Waals surface area contributed by atoms with Crippen LogP contribution in [0.4, 0.5) is 0 Å². The van der Waals surface area contributed by atoms with Crippen LogP contribution in [-0.4, -0.2) is 23.4 Å². The highest BCUT2D eigenvalue weighted by Crippen LogP contribution is 2.33. The Kier molecular flexibility index (Phi) is 6.45. The van der Waals surface area contributed by atoms with Crippen LogP contribution < -0.4 is 0 Å². The lowest BCUT2D eigenvalue weighted by molar-refractivity contribution is 0.207. The molecule has 0 atom stereocenters. The topological polar surface area (TPSA) is 40.5 Å². The maximum absolute atomic E-state index is 9.24. The van der Waals surface area contributed by atoms with Gasteiger partial charge >= 0.3 is 0 Å². The molecule has 112 valence electrons. The number of hydrogen-bond acceptors (Lipinski definition) is 2. The molecule has 0 aliphatic carbocycles. The average Bonchev–Trinajstić information content (AvgIpc) is 2.54. The summed E-state index contributed by atoms with van der Waals surface area (Å²) in [6.07, 6.45) is 2.45. The minimum Gasteiger partial charge on any atom is -0.396 e. The monoisotopic (exact) mass is 284 g/mol. The lowest BCUT2D eigenvalue weighted by Gasteiger charge is -2.24. The normalized spacial score (nSPS) is 11.2. The average molecular weight is 284 g/mol. The minimum atomic E-state index is 0.182. The van der Waals surface area contributed by atoms with E-state index in [9.17, 15) is 10.2 Å². The van der Waals surface area contributed by atoms with Gasteiger partial charge in [-0.05, 0) is 36.3 Å². The Morgan fingerprint density at radius 3 is 1.48 bits per heavy atom. The van der Waals surface area contributed by atoms with Crippen LogP contribution in [-0.2, 0) is 0 Å². The van der Waals surface area contributed by atoms with E-state index < -0.39 is 0 Å². The molecule has 0 unspecified atom stereocenters. The molecule has 0 radical (unpaired) electrons. The number of hydrogen-bond donors (Lipinski definition) is 2. The van der Waals surface area contributed by atoms with Crippen LogP contribution in [0.3, 0.4) is 0 Å². The summed E-state index contributed by atoms with van der Waals surface area (Å²) in [4.78, 5) is 0. The van der Waals surface area contributed by atoms with Gasteiger partial charge in [0.25, 0.3) is 0 Å². The van der Waals surface area contributed by atoms with Gasteiger partial charge in [0.15, 0.2) is 0 Å². The molecular formula is C19H24O2. The molecule has 0 aliphatic heterocycles. The Morgan fingerprint density at radius 1 is 0.667 bits per heavy atom. The van der Waals surface area contributed by atoms with Gasteiger partial charge in [-0.3, -0.25) is 0 Å². The standard InChI is InChI=1S/C19H24O2/c20-13-11-16(12-14-21)15-19(17-7-3-1-4-8-17)18-9-5-2-6-10-18/h1-10,16,19-21H,11-15H2. The summed E-state index contributed by atoms with van der Waals surface area (Å²) < 4.78 is 0. The Balaban J connectivity index is 2.24. The molecule has 2 aromatic rings. The number of aliphatic hydroxyl groups is 2. The zero-order valence-corrected chi connectivity index (χ0v) is 12.4. The van der Waals surface area contributed by atoms with Crippen LogP contribution in [0.5, 0.6) is 0 Å². The van der Waals surface area contributed by atoms with Gasteiger partial charge in [-0.1, -0.05) is 60.7 Å². The van der Waals surface area contributed by atoms with Gasteiger partial charge in [-0.2, -0.15) is 0 Å². The van der Waals surface area contributed by atoms with E-state index in [0.717, 1.165) is 19.3 Å². The molecule has 2 nitrogen and oxygen atoms in total. The molecule has 0 aliphatic rings. The molecule has 0 saturated carbocycles. The lowest BCUT2D eigenvalue weighted by atomic mass is 9.81. The maximum Gasteiger partial charge on any atom is 0.0433 e. The maximum atomic E-state index is 9.24. The van der Waals surface area contributed by atoms with E-state index in [2.05, 4.69) is 48.5 Å². The van der Waals surface area contributed by atoms with Gasteiger partial charge < -0.3 is 10.2 Å². The molecule has 0 spiro atoms. The summed E-state index contributed by atoms with van der Waals surface area (Å²) in [6, 6.07) is 21.0. The third kappa shape index (κ3) is 4.69. The highest BCUT2D eigenvalue weighted by molar-refractivity contribution is 5.32. The molecule has 0 aromatic heterocycles. The Labute approximate surface area is 127 Å². The van der Waals surface area contributed by atoms with Crippen LogP contribution in [0.1, 0.15) is 36.3 Å². The molecule has 2 aromatic carbocycles. The molecule has 0 amide bonds. The summed E-state index contributed by atoms with van der Waals surface area (Å²) in [7, 11) is 0. The van der Waals surface area contributed by atoms with E-state index >= 15 is 0 Å². The Morgan fingerprint density at radius 2 is 1.10 bits per heavy atom. The molecule has 21 heavy (non-hydrogen) atoms. The summed E-state index contributed by atoms with van der Waals surface area (Å²) in [5.41, 5.74) is 2.59. The molecule has 0 bridgehead atoms. The predicted octanol–water partition coefficient (Wildman–Crippen LogP) is 3.59. The second-order valence-corrected chi connectivity index (χ2v) is 5.50. The van der Waals surface area contributed by atoms with E-state index in [1.807, 2.05) is 12.1 Å². The second kappa shape index (κ2) is 8.60. The van der Waals surface area contributed by atoms with Crippen molar-refractivity contribution >= 4 is 0 Å². The van der Waals surface area contributed by atoms with Gasteiger partial charge in [0.2, 0.25) is 0 Å². The molecule has 0 heterocycles. The first-order valence-corrected chi connectivity index (χ1v) is 7.66. The fourth-order valence-corrected chi connectivity index (χ4v) is 2.91. The lowest BCUT2D eigenvalue weighted by Crippen LogP contribution is -2.12. The second-order valence-electron chi connectivity index (χ2n) is 5.50. The fraction of sp³-hybridized carbons (Fsp3) is 0.368. The van der Waals surface area contributed by atoms with Crippen molar-refractivity contribution < 1.29 is 10.2 Å². The Bertz CT molecular complexity index is 450. The van der Waals surface area contributed by atoms with Crippen molar-refractivity contribution in [2.45, 2.75) is 25.2 Å². The molecule has 0 saturated heterocycles. The number of rotatable bonds is 8. The van der Waals surface area contributed by atoms with E-state index in [-0.39, 0.29) is 13.2 Å². The van der Waals surface area contributed by atoms with Crippen LogP contribution >= 0.6 is 0 Å². The molecular weight excluding hydrogens is 260 g/mol. The van der Waals surface area contributed by atoms with Crippen molar-refractivity contribution in [3.05, 3.63) is 71.8 Å². The molecule has 2 N–H and O–H groups in total. The highest BCUT2D eigenvalue weighted by Gasteiger charge is 2.19. The smallest absolute Gasteiger partial charge is 0.0433 e. The first kappa shape index (κ1) is 15.7. The van der Waals surface area contributed by atoms with Gasteiger partial charge in [-0.25, -0.2) is 0 Å². The van der Waals surface area contributed by atoms with Crippen molar-refractivity contribution in [1.82, 2.24) is 0 Å². The summed E-state index contributed by atoms with van der Waals surface area (Å²) in [5, 5.41) is 18.5. The molecule has 2 rings (SSSR count). The van der Waals surface area contributed by atoms with Crippen molar-refractivity contribution in [2.24, 2.45) is 5.92 Å². The zero-order chi connectivity index (χ0) is 14.9. The van der Waals surface area contributed by atoms with Crippen LogP contribution in [0, 0.1) is 5.92 Å². The van der Waals surface area contributed by atoms with Gasteiger partial charge in [0.05, 0.1) is 0 Å². The fourth-order valence-electron chi connectivity index (χ4n) is 2.91. The third-order valence-corrected chi connectivity index (χ3v) is 4.05. The van der Waals surface area contributed by atoms with Crippen molar-refractivity contribution in [3.63, 3.8) is 0 Å². The SMILES string of the molecule is OCCC(CCO)CC(c1ccccc1)c1ccccc1. The predicted molar refractivity (Wildman–Crippen MR) is 86.2 cm³/mol. The third-order valence-electron chi connectivity index (χ3n) is 4.05. The van der Waals surface area contributed by atoms with Gasteiger partial charge in [-0.15, -0.1) is 0 Å². The van der Waals surface area contributed by atoms with E-state index in [4.69, 9.17) is 0 Å². The zero-order valence-electron chi connectivity index (χ0n) is 12.4. The highest BCUT2D eigenvalue weighted by atomic mass is 16.3. The van der Waals surface area contributed by atoms with Crippen molar-refractivity contribution in [2.75, 3.05) is 13.2 Å². The largest absolute Gasteiger partial charge is 0.396 e. The summed E-state index contributed by atoms with van der Waals surface area (Å²) >= 11 is 0. The quantitative estimate of drug-likeness (QED) is 0.777. The molecule has 0 fully saturated rings. The van der Waals surface area contributed by atoms with E-state index in [0.29, 0.717) is 11.8 Å².